The molecule has 15 heavy (non-hydrogen) atoms. The van der Waals surface area contributed by atoms with Crippen molar-refractivity contribution in [2.45, 2.75) is 19.8 Å². The fourth-order valence-electron chi connectivity index (χ4n) is 1.27. The van der Waals surface area contributed by atoms with Crippen LogP contribution in [0.5, 0.6) is 0 Å². The van der Waals surface area contributed by atoms with E-state index in [9.17, 15) is 4.79 Å². The molecular weight excluding hydrogens is 305 g/mol. The van der Waals surface area contributed by atoms with E-state index in [2.05, 4.69) is 33.0 Å². The van der Waals surface area contributed by atoms with Crippen LogP contribution in [0.25, 0.3) is 0 Å². The average Bonchev–Trinajstić information content (AvgIpc) is 2.60. The van der Waals surface area contributed by atoms with E-state index < -0.39 is 0 Å². The summed E-state index contributed by atoms with van der Waals surface area (Å²) in [7, 11) is 1.80. The van der Waals surface area contributed by atoms with Gasteiger partial charge < -0.3 is 5.32 Å². The summed E-state index contributed by atoms with van der Waals surface area (Å²) in [5, 5.41) is 7.11. The van der Waals surface area contributed by atoms with Crippen LogP contribution in [0.2, 0.25) is 0 Å². The lowest BCUT2D eigenvalue weighted by Crippen LogP contribution is -2.26. The molecule has 0 spiro atoms. The summed E-state index contributed by atoms with van der Waals surface area (Å²) in [6.45, 7) is 2.76. The van der Waals surface area contributed by atoms with Crippen molar-refractivity contribution in [1.29, 1.82) is 0 Å². The van der Waals surface area contributed by atoms with Crippen molar-refractivity contribution < 1.29 is 4.79 Å². The Balaban J connectivity index is 2.60. The van der Waals surface area contributed by atoms with E-state index in [0.29, 0.717) is 5.69 Å². The Hall–Kier alpha value is -0.590. The molecule has 0 aliphatic carbocycles. The topological polar surface area (TPSA) is 46.9 Å². The second kappa shape index (κ2) is 6.09. The van der Waals surface area contributed by atoms with E-state index in [1.54, 1.807) is 11.7 Å². The third-order valence-corrected chi connectivity index (χ3v) is 2.88. The SMILES string of the molecule is CCc1cc(C(=O)NCCCI)n(C)n1. The van der Waals surface area contributed by atoms with Gasteiger partial charge in [-0.15, -0.1) is 0 Å². The number of nitrogens with zero attached hydrogens (tertiary/aromatic N) is 2. The summed E-state index contributed by atoms with van der Waals surface area (Å²) in [5.74, 6) is -0.0328. The Morgan fingerprint density at radius 1 is 1.67 bits per heavy atom. The Kier molecular flexibility index (Phi) is 5.07. The fraction of sp³-hybridized carbons (Fsp3) is 0.600. The first-order chi connectivity index (χ1) is 7.19. The van der Waals surface area contributed by atoms with Crippen LogP contribution in [-0.4, -0.2) is 26.7 Å². The number of hydrogen-bond donors (Lipinski definition) is 1. The smallest absolute Gasteiger partial charge is 0.269 e. The Morgan fingerprint density at radius 3 is 2.93 bits per heavy atom. The zero-order valence-corrected chi connectivity index (χ0v) is 11.2. The van der Waals surface area contributed by atoms with Crippen molar-refractivity contribution in [2.24, 2.45) is 7.05 Å². The highest BCUT2D eigenvalue weighted by molar-refractivity contribution is 14.1. The molecule has 0 aliphatic heterocycles. The minimum Gasteiger partial charge on any atom is -0.351 e. The van der Waals surface area contributed by atoms with Gasteiger partial charge >= 0.3 is 0 Å². The Bertz CT molecular complexity index is 335. The molecule has 0 aromatic carbocycles. The predicted molar refractivity (Wildman–Crippen MR) is 68.4 cm³/mol. The van der Waals surface area contributed by atoms with Gasteiger partial charge in [-0.3, -0.25) is 9.48 Å². The molecule has 0 saturated carbocycles. The van der Waals surface area contributed by atoms with E-state index in [1.807, 2.05) is 13.0 Å². The quantitative estimate of drug-likeness (QED) is 0.508. The van der Waals surface area contributed by atoms with Crippen LogP contribution in [0.15, 0.2) is 6.07 Å². The van der Waals surface area contributed by atoms with Crippen LogP contribution in [0, 0.1) is 0 Å². The molecule has 1 aromatic heterocycles. The lowest BCUT2D eigenvalue weighted by molar-refractivity contribution is 0.0944. The summed E-state index contributed by atoms with van der Waals surface area (Å²) < 4.78 is 2.70. The van der Waals surface area contributed by atoms with Crippen LogP contribution < -0.4 is 5.32 Å². The first kappa shape index (κ1) is 12.5. The van der Waals surface area contributed by atoms with E-state index >= 15 is 0 Å². The predicted octanol–water partition coefficient (Wildman–Crippen LogP) is 1.54. The number of aromatic nitrogens is 2. The van der Waals surface area contributed by atoms with Crippen molar-refractivity contribution in [2.75, 3.05) is 11.0 Å². The molecule has 1 heterocycles. The van der Waals surface area contributed by atoms with Gasteiger partial charge in [0.05, 0.1) is 5.69 Å². The van der Waals surface area contributed by atoms with Crippen molar-refractivity contribution >= 4 is 28.5 Å². The van der Waals surface area contributed by atoms with Gasteiger partial charge in [-0.25, -0.2) is 0 Å². The Morgan fingerprint density at radius 2 is 2.40 bits per heavy atom. The van der Waals surface area contributed by atoms with E-state index in [4.69, 9.17) is 0 Å². The minimum absolute atomic E-state index is 0.0328. The molecular formula is C10H16IN3O. The molecule has 0 bridgehead atoms. The molecule has 0 saturated heterocycles. The third kappa shape index (κ3) is 3.48. The number of nitrogens with one attached hydrogen (secondary N) is 1. The van der Waals surface area contributed by atoms with E-state index in [-0.39, 0.29) is 5.91 Å². The first-order valence-electron chi connectivity index (χ1n) is 5.06. The molecule has 0 radical (unpaired) electrons. The highest BCUT2D eigenvalue weighted by Crippen LogP contribution is 2.03. The van der Waals surface area contributed by atoms with Crippen molar-refractivity contribution in [3.63, 3.8) is 0 Å². The maximum Gasteiger partial charge on any atom is 0.269 e. The van der Waals surface area contributed by atoms with Gasteiger partial charge in [0.25, 0.3) is 5.91 Å². The molecule has 1 rings (SSSR count). The first-order valence-corrected chi connectivity index (χ1v) is 6.58. The van der Waals surface area contributed by atoms with Crippen LogP contribution in [0.3, 0.4) is 0 Å². The normalized spacial score (nSPS) is 10.3. The van der Waals surface area contributed by atoms with Crippen molar-refractivity contribution in [3.05, 3.63) is 17.5 Å². The monoisotopic (exact) mass is 321 g/mol. The molecule has 5 heteroatoms. The number of aryl methyl sites for hydroxylation is 2. The number of rotatable bonds is 5. The molecule has 1 amide bonds. The standard InChI is InChI=1S/C10H16IN3O/c1-3-8-7-9(14(2)13-8)10(15)12-6-4-5-11/h7H,3-6H2,1-2H3,(H,12,15). The van der Waals surface area contributed by atoms with Crippen LogP contribution in [0.1, 0.15) is 29.5 Å². The maximum atomic E-state index is 11.7. The molecule has 0 atom stereocenters. The number of carbonyl (C=O) groups is 1. The summed E-state index contributed by atoms with van der Waals surface area (Å²) >= 11 is 2.30. The van der Waals surface area contributed by atoms with Gasteiger partial charge in [0.1, 0.15) is 5.69 Å². The molecule has 0 aliphatic rings. The highest BCUT2D eigenvalue weighted by Gasteiger charge is 2.11. The van der Waals surface area contributed by atoms with Gasteiger partial charge in [0.2, 0.25) is 0 Å². The van der Waals surface area contributed by atoms with Crippen molar-refractivity contribution in [3.8, 4) is 0 Å². The number of amides is 1. The zero-order valence-electron chi connectivity index (χ0n) is 9.09. The fourth-order valence-corrected chi connectivity index (χ4v) is 1.65. The molecule has 0 fully saturated rings. The largest absolute Gasteiger partial charge is 0.351 e. The van der Waals surface area contributed by atoms with E-state index in [0.717, 1.165) is 29.5 Å². The number of alkyl halides is 1. The number of halogens is 1. The minimum atomic E-state index is -0.0328. The maximum absolute atomic E-state index is 11.7. The zero-order chi connectivity index (χ0) is 11.3. The molecule has 4 nitrogen and oxygen atoms in total. The number of carbonyl (C=O) groups excluding carboxylic acids is 1. The second-order valence-corrected chi connectivity index (χ2v) is 4.38. The summed E-state index contributed by atoms with van der Waals surface area (Å²) in [6, 6.07) is 1.85. The van der Waals surface area contributed by atoms with Gasteiger partial charge in [-0.1, -0.05) is 29.5 Å². The highest BCUT2D eigenvalue weighted by atomic mass is 127. The molecule has 1 aromatic rings. The van der Waals surface area contributed by atoms with Crippen LogP contribution in [-0.2, 0) is 13.5 Å². The Labute approximate surface area is 104 Å². The van der Waals surface area contributed by atoms with E-state index in [1.165, 1.54) is 0 Å². The second-order valence-electron chi connectivity index (χ2n) is 3.30. The van der Waals surface area contributed by atoms with Gasteiger partial charge in [0.15, 0.2) is 0 Å². The lowest BCUT2D eigenvalue weighted by Gasteiger charge is -2.03. The third-order valence-electron chi connectivity index (χ3n) is 2.12. The van der Waals surface area contributed by atoms with Crippen LogP contribution in [0.4, 0.5) is 0 Å². The average molecular weight is 321 g/mol. The molecule has 0 unspecified atom stereocenters. The summed E-state index contributed by atoms with van der Waals surface area (Å²) in [4.78, 5) is 11.7. The van der Waals surface area contributed by atoms with Gasteiger partial charge in [-0.05, 0) is 18.9 Å². The molecule has 1 N–H and O–H groups in total. The summed E-state index contributed by atoms with van der Waals surface area (Å²) in [5.41, 5.74) is 1.59. The van der Waals surface area contributed by atoms with Gasteiger partial charge in [-0.2, -0.15) is 5.10 Å². The molecule has 84 valence electrons. The van der Waals surface area contributed by atoms with Gasteiger partial charge in [0, 0.05) is 18.0 Å². The van der Waals surface area contributed by atoms with Crippen LogP contribution >= 0.6 is 22.6 Å². The lowest BCUT2D eigenvalue weighted by atomic mass is 10.3. The summed E-state index contributed by atoms with van der Waals surface area (Å²) in [6.07, 6.45) is 1.86. The number of hydrogen-bond acceptors (Lipinski definition) is 2. The van der Waals surface area contributed by atoms with Crippen molar-refractivity contribution in [1.82, 2.24) is 15.1 Å².